The Balaban J connectivity index is 1.87. The van der Waals surface area contributed by atoms with Crippen LogP contribution in [0.4, 0.5) is 16.2 Å². The number of thiazole rings is 1. The molecule has 7 heteroatoms. The van der Waals surface area contributed by atoms with Gasteiger partial charge in [-0.15, -0.1) is 11.3 Å². The maximum Gasteiger partial charge on any atom is 0.407 e. The summed E-state index contributed by atoms with van der Waals surface area (Å²) in [5.41, 5.74) is 7.96. The molecule has 0 spiro atoms. The fraction of sp³-hybridized carbons (Fsp3) is 0.467. The van der Waals surface area contributed by atoms with Gasteiger partial charge in [-0.3, -0.25) is 0 Å². The molecule has 0 saturated heterocycles. The summed E-state index contributed by atoms with van der Waals surface area (Å²) >= 11 is 1.62. The van der Waals surface area contributed by atoms with E-state index in [2.05, 4.69) is 15.6 Å². The number of aryl methyl sites for hydroxylation is 1. The van der Waals surface area contributed by atoms with Crippen LogP contribution in [0.5, 0.6) is 0 Å². The van der Waals surface area contributed by atoms with Crippen molar-refractivity contribution in [2.75, 3.05) is 24.1 Å². The summed E-state index contributed by atoms with van der Waals surface area (Å²) in [7, 11) is 0. The van der Waals surface area contributed by atoms with Gasteiger partial charge in [0.05, 0.1) is 26.6 Å². The molecule has 120 valence electrons. The molecule has 4 N–H and O–H groups in total. The Labute approximate surface area is 134 Å². The summed E-state index contributed by atoms with van der Waals surface area (Å²) in [5.74, 6) is 0. The van der Waals surface area contributed by atoms with Crippen LogP contribution in [0.25, 0.3) is 10.2 Å². The van der Waals surface area contributed by atoms with E-state index < -0.39 is 11.7 Å². The van der Waals surface area contributed by atoms with E-state index in [1.807, 2.05) is 39.8 Å². The molecule has 0 saturated carbocycles. The SMILES string of the molecule is Cc1nc2cc(NCCNC(=O)OC(C)(C)C)c(N)cc2s1. The number of hydrogen-bond acceptors (Lipinski definition) is 6. The van der Waals surface area contributed by atoms with Crippen molar-refractivity contribution < 1.29 is 9.53 Å². The Hall–Kier alpha value is -2.02. The molecule has 2 rings (SSSR count). The minimum absolute atomic E-state index is 0.423. The lowest BCUT2D eigenvalue weighted by molar-refractivity contribution is 0.0530. The lowest BCUT2D eigenvalue weighted by Crippen LogP contribution is -2.35. The van der Waals surface area contributed by atoms with Crippen molar-refractivity contribution in [2.45, 2.75) is 33.3 Å². The minimum Gasteiger partial charge on any atom is -0.444 e. The molecular weight excluding hydrogens is 300 g/mol. The van der Waals surface area contributed by atoms with Gasteiger partial charge in [-0.2, -0.15) is 0 Å². The molecule has 0 atom stereocenters. The number of anilines is 2. The monoisotopic (exact) mass is 322 g/mol. The van der Waals surface area contributed by atoms with Gasteiger partial charge in [0.1, 0.15) is 5.60 Å². The van der Waals surface area contributed by atoms with Crippen LogP contribution in [0.3, 0.4) is 0 Å². The van der Waals surface area contributed by atoms with Gasteiger partial charge >= 0.3 is 6.09 Å². The van der Waals surface area contributed by atoms with Crippen LogP contribution in [0.2, 0.25) is 0 Å². The highest BCUT2D eigenvalue weighted by atomic mass is 32.1. The van der Waals surface area contributed by atoms with E-state index in [0.29, 0.717) is 18.8 Å². The summed E-state index contributed by atoms with van der Waals surface area (Å²) in [6, 6.07) is 3.85. The Bertz CT molecular complexity index is 676. The van der Waals surface area contributed by atoms with Crippen LogP contribution in [-0.4, -0.2) is 29.8 Å². The first-order valence-electron chi connectivity index (χ1n) is 7.12. The second kappa shape index (κ2) is 6.39. The minimum atomic E-state index is -0.491. The van der Waals surface area contributed by atoms with Crippen molar-refractivity contribution in [1.82, 2.24) is 10.3 Å². The van der Waals surface area contributed by atoms with E-state index in [9.17, 15) is 4.79 Å². The Morgan fingerprint density at radius 3 is 2.77 bits per heavy atom. The number of nitrogens with one attached hydrogen (secondary N) is 2. The second-order valence-electron chi connectivity index (χ2n) is 6.00. The quantitative estimate of drug-likeness (QED) is 0.594. The Morgan fingerprint density at radius 2 is 2.09 bits per heavy atom. The lowest BCUT2D eigenvalue weighted by atomic mass is 10.2. The number of benzene rings is 1. The molecule has 0 aliphatic heterocycles. The van der Waals surface area contributed by atoms with E-state index in [4.69, 9.17) is 10.5 Å². The zero-order valence-corrected chi connectivity index (χ0v) is 14.1. The number of fused-ring (bicyclic) bond motifs is 1. The standard InChI is InChI=1S/C15H22N4O2S/c1-9-19-12-8-11(10(16)7-13(12)22-9)17-5-6-18-14(20)21-15(2,3)4/h7-8,17H,5-6,16H2,1-4H3,(H,18,20). The van der Waals surface area contributed by atoms with Crippen molar-refractivity contribution in [2.24, 2.45) is 0 Å². The van der Waals surface area contributed by atoms with Crippen LogP contribution in [0.1, 0.15) is 25.8 Å². The molecule has 1 heterocycles. The molecule has 2 aromatic rings. The molecule has 0 aliphatic carbocycles. The molecule has 0 radical (unpaired) electrons. The Morgan fingerprint density at radius 1 is 1.36 bits per heavy atom. The number of aromatic nitrogens is 1. The number of carbonyl (C=O) groups is 1. The maximum atomic E-state index is 11.5. The number of rotatable bonds is 4. The molecule has 6 nitrogen and oxygen atoms in total. The molecule has 0 aliphatic rings. The lowest BCUT2D eigenvalue weighted by Gasteiger charge is -2.19. The molecule has 22 heavy (non-hydrogen) atoms. The van der Waals surface area contributed by atoms with Crippen molar-refractivity contribution in [3.05, 3.63) is 17.1 Å². The van der Waals surface area contributed by atoms with Gasteiger partial charge in [0.25, 0.3) is 0 Å². The number of alkyl carbamates (subject to hydrolysis) is 1. The van der Waals surface area contributed by atoms with Gasteiger partial charge in [-0.25, -0.2) is 9.78 Å². The van der Waals surface area contributed by atoms with E-state index in [-0.39, 0.29) is 0 Å². The smallest absolute Gasteiger partial charge is 0.407 e. The van der Waals surface area contributed by atoms with E-state index in [0.717, 1.165) is 20.9 Å². The van der Waals surface area contributed by atoms with Gasteiger partial charge in [-0.1, -0.05) is 0 Å². The average molecular weight is 322 g/mol. The summed E-state index contributed by atoms with van der Waals surface area (Å²) in [5, 5.41) is 6.91. The fourth-order valence-corrected chi connectivity index (χ4v) is 2.79. The third kappa shape index (κ3) is 4.49. The predicted molar refractivity (Wildman–Crippen MR) is 91.5 cm³/mol. The number of hydrogen-bond donors (Lipinski definition) is 3. The normalized spacial score (nSPS) is 11.5. The summed E-state index contributed by atoms with van der Waals surface area (Å²) in [6.45, 7) is 8.46. The number of carbonyl (C=O) groups excluding carboxylic acids is 1. The highest BCUT2D eigenvalue weighted by molar-refractivity contribution is 7.18. The molecule has 1 aromatic carbocycles. The average Bonchev–Trinajstić information content (AvgIpc) is 2.71. The summed E-state index contributed by atoms with van der Waals surface area (Å²) in [6.07, 6.45) is -0.423. The first-order chi connectivity index (χ1) is 10.2. The molecule has 1 amide bonds. The van der Waals surface area contributed by atoms with Crippen LogP contribution >= 0.6 is 11.3 Å². The van der Waals surface area contributed by atoms with Crippen LogP contribution in [-0.2, 0) is 4.74 Å². The number of nitrogen functional groups attached to an aromatic ring is 1. The highest BCUT2D eigenvalue weighted by Crippen LogP contribution is 2.29. The van der Waals surface area contributed by atoms with Gasteiger partial charge in [0.2, 0.25) is 0 Å². The summed E-state index contributed by atoms with van der Waals surface area (Å²) < 4.78 is 6.24. The van der Waals surface area contributed by atoms with Crippen molar-refractivity contribution >= 4 is 39.0 Å². The fourth-order valence-electron chi connectivity index (χ4n) is 1.93. The predicted octanol–water partition coefficient (Wildman–Crippen LogP) is 3.12. The summed E-state index contributed by atoms with van der Waals surface area (Å²) in [4.78, 5) is 16.0. The van der Waals surface area contributed by atoms with E-state index in [1.54, 1.807) is 11.3 Å². The third-order valence-corrected chi connectivity index (χ3v) is 3.71. The van der Waals surface area contributed by atoms with Crippen molar-refractivity contribution in [3.8, 4) is 0 Å². The topological polar surface area (TPSA) is 89.3 Å². The number of nitrogens with zero attached hydrogens (tertiary/aromatic N) is 1. The molecule has 0 bridgehead atoms. The van der Waals surface area contributed by atoms with E-state index in [1.165, 1.54) is 0 Å². The van der Waals surface area contributed by atoms with Crippen LogP contribution < -0.4 is 16.4 Å². The molecular formula is C15H22N4O2S. The number of amides is 1. The number of nitrogens with two attached hydrogens (primary N) is 1. The number of ether oxygens (including phenoxy) is 1. The Kier molecular flexibility index (Phi) is 4.75. The largest absolute Gasteiger partial charge is 0.444 e. The van der Waals surface area contributed by atoms with Gasteiger partial charge < -0.3 is 21.1 Å². The van der Waals surface area contributed by atoms with Crippen molar-refractivity contribution in [1.29, 1.82) is 0 Å². The maximum absolute atomic E-state index is 11.5. The first-order valence-corrected chi connectivity index (χ1v) is 7.93. The van der Waals surface area contributed by atoms with Gasteiger partial charge in [0, 0.05) is 13.1 Å². The molecule has 1 aromatic heterocycles. The third-order valence-electron chi connectivity index (χ3n) is 2.78. The van der Waals surface area contributed by atoms with E-state index >= 15 is 0 Å². The van der Waals surface area contributed by atoms with Crippen molar-refractivity contribution in [3.63, 3.8) is 0 Å². The van der Waals surface area contributed by atoms with Crippen LogP contribution in [0.15, 0.2) is 12.1 Å². The highest BCUT2D eigenvalue weighted by Gasteiger charge is 2.15. The zero-order valence-electron chi connectivity index (χ0n) is 13.3. The zero-order chi connectivity index (χ0) is 16.3. The van der Waals surface area contributed by atoms with Gasteiger partial charge in [0.15, 0.2) is 0 Å². The first kappa shape index (κ1) is 16.4. The molecule has 0 unspecified atom stereocenters. The van der Waals surface area contributed by atoms with Crippen LogP contribution in [0, 0.1) is 6.92 Å². The second-order valence-corrected chi connectivity index (χ2v) is 7.23. The van der Waals surface area contributed by atoms with Gasteiger partial charge in [-0.05, 0) is 39.8 Å². The molecule has 0 fully saturated rings.